The molecule has 0 fully saturated rings. The fraction of sp³-hybridized carbons (Fsp3) is 0.625. The minimum Gasteiger partial charge on any atom is -0.460 e. The van der Waals surface area contributed by atoms with Crippen LogP contribution in [0.15, 0.2) is 11.1 Å². The van der Waals surface area contributed by atoms with Gasteiger partial charge in [0.05, 0.1) is 6.10 Å². The van der Waals surface area contributed by atoms with Gasteiger partial charge in [-0.15, -0.1) is 0 Å². The van der Waals surface area contributed by atoms with E-state index in [1.807, 2.05) is 6.92 Å². The van der Waals surface area contributed by atoms with Crippen molar-refractivity contribution in [2.75, 3.05) is 6.61 Å². The van der Waals surface area contributed by atoms with Crippen LogP contribution in [0, 0.1) is 0 Å². The molecular formula is C8H13ClO3. The molecule has 0 amide bonds. The molecule has 12 heavy (non-hydrogen) atoms. The first kappa shape index (κ1) is 11.5. The fourth-order valence-corrected chi connectivity index (χ4v) is 0.537. The molecule has 0 aromatic heterocycles. The summed E-state index contributed by atoms with van der Waals surface area (Å²) in [6, 6.07) is 0. The number of hydrogen-bond donors (Lipinski definition) is 1. The predicted octanol–water partition coefficient (Wildman–Crippen LogP) is 1.44. The summed E-state index contributed by atoms with van der Waals surface area (Å²) in [5.74, 6) is -0.488. The van der Waals surface area contributed by atoms with E-state index in [0.29, 0.717) is 12.0 Å². The van der Waals surface area contributed by atoms with Gasteiger partial charge < -0.3 is 9.84 Å². The summed E-state index contributed by atoms with van der Waals surface area (Å²) in [5.41, 5.74) is 1.49. The zero-order valence-electron chi connectivity index (χ0n) is 7.21. The Balaban J connectivity index is 3.72. The Morgan fingerprint density at radius 3 is 2.75 bits per heavy atom. The highest BCUT2D eigenvalue weighted by atomic mass is 35.5. The molecule has 0 aromatic rings. The second kappa shape index (κ2) is 6.03. The van der Waals surface area contributed by atoms with Crippen molar-refractivity contribution in [3.05, 3.63) is 11.1 Å². The van der Waals surface area contributed by atoms with E-state index < -0.39 is 12.1 Å². The van der Waals surface area contributed by atoms with Crippen molar-refractivity contribution in [3.63, 3.8) is 0 Å². The highest BCUT2D eigenvalue weighted by Gasteiger charge is 2.07. The van der Waals surface area contributed by atoms with Crippen LogP contribution in [0.4, 0.5) is 0 Å². The third-order valence-corrected chi connectivity index (χ3v) is 1.69. The number of rotatable bonds is 4. The number of carbonyl (C=O) groups excluding carboxylic acids is 1. The van der Waals surface area contributed by atoms with Gasteiger partial charge in [0.15, 0.2) is 0 Å². The summed E-state index contributed by atoms with van der Waals surface area (Å²) in [5, 5.41) is 9.03. The van der Waals surface area contributed by atoms with Crippen molar-refractivity contribution in [2.24, 2.45) is 0 Å². The van der Waals surface area contributed by atoms with E-state index in [-0.39, 0.29) is 6.61 Å². The van der Waals surface area contributed by atoms with Crippen molar-refractivity contribution in [2.45, 2.75) is 26.4 Å². The van der Waals surface area contributed by atoms with Gasteiger partial charge >= 0.3 is 5.97 Å². The quantitative estimate of drug-likeness (QED) is 0.542. The number of ether oxygens (including phenoxy) is 1. The van der Waals surface area contributed by atoms with E-state index in [4.69, 9.17) is 21.4 Å². The Labute approximate surface area is 77.0 Å². The number of hydrogen-bond acceptors (Lipinski definition) is 3. The molecule has 0 aromatic carbocycles. The highest BCUT2D eigenvalue weighted by molar-refractivity contribution is 6.27. The maximum absolute atomic E-state index is 10.9. The summed E-state index contributed by atoms with van der Waals surface area (Å²) in [6.45, 7) is 3.38. The second-order valence-corrected chi connectivity index (χ2v) is 2.67. The van der Waals surface area contributed by atoms with Crippen molar-refractivity contribution in [1.82, 2.24) is 0 Å². The number of halogens is 1. The molecule has 1 atom stereocenters. The third-order valence-electron chi connectivity index (χ3n) is 1.36. The van der Waals surface area contributed by atoms with Crippen molar-refractivity contribution in [3.8, 4) is 0 Å². The van der Waals surface area contributed by atoms with Crippen LogP contribution < -0.4 is 0 Å². The van der Waals surface area contributed by atoms with Gasteiger partial charge in [0.2, 0.25) is 0 Å². The Hall–Kier alpha value is -0.540. The van der Waals surface area contributed by atoms with Crippen LogP contribution in [0.5, 0.6) is 0 Å². The van der Waals surface area contributed by atoms with Gasteiger partial charge in [0.1, 0.15) is 6.61 Å². The molecule has 0 aliphatic carbocycles. The van der Waals surface area contributed by atoms with Gasteiger partial charge in [-0.05, 0) is 13.3 Å². The minimum absolute atomic E-state index is 0.0252. The molecule has 0 saturated heterocycles. The van der Waals surface area contributed by atoms with Gasteiger partial charge in [-0.2, -0.15) is 0 Å². The van der Waals surface area contributed by atoms with E-state index >= 15 is 0 Å². The lowest BCUT2D eigenvalue weighted by Crippen LogP contribution is -2.17. The number of esters is 1. The Bertz CT molecular complexity index is 177. The molecule has 3 nitrogen and oxygen atoms in total. The molecule has 70 valence electrons. The van der Waals surface area contributed by atoms with Crippen LogP contribution >= 0.6 is 11.6 Å². The molecule has 4 heteroatoms. The Morgan fingerprint density at radius 1 is 1.75 bits per heavy atom. The lowest BCUT2D eigenvalue weighted by atomic mass is 10.3. The lowest BCUT2D eigenvalue weighted by Gasteiger charge is -2.08. The maximum atomic E-state index is 10.9. The standard InChI is InChI=1S/C8H13ClO3/c1-3-7(10)5-12-8(11)6(2)4-9/h4,7,10H,3,5H2,1-2H3/b6-4+. The zero-order valence-corrected chi connectivity index (χ0v) is 7.97. The normalized spacial score (nSPS) is 14.2. The van der Waals surface area contributed by atoms with Gasteiger partial charge in [-0.3, -0.25) is 0 Å². The highest BCUT2D eigenvalue weighted by Crippen LogP contribution is 2.00. The van der Waals surface area contributed by atoms with Gasteiger partial charge in [-0.1, -0.05) is 18.5 Å². The number of carbonyl (C=O) groups is 1. The third kappa shape index (κ3) is 4.36. The molecule has 0 radical (unpaired) electrons. The van der Waals surface area contributed by atoms with Crippen LogP contribution in [0.3, 0.4) is 0 Å². The van der Waals surface area contributed by atoms with Gasteiger partial charge in [0.25, 0.3) is 0 Å². The van der Waals surface area contributed by atoms with Crippen LogP contribution in [0.25, 0.3) is 0 Å². The summed E-state index contributed by atoms with van der Waals surface area (Å²) in [7, 11) is 0. The SMILES string of the molecule is CCC(O)COC(=O)/C(C)=C/Cl. The van der Waals surface area contributed by atoms with E-state index in [9.17, 15) is 4.79 Å². The molecule has 0 aliphatic heterocycles. The van der Waals surface area contributed by atoms with Crippen LogP contribution in [-0.4, -0.2) is 23.8 Å². The van der Waals surface area contributed by atoms with E-state index in [1.165, 1.54) is 0 Å². The molecule has 0 saturated carbocycles. The second-order valence-electron chi connectivity index (χ2n) is 2.45. The molecule has 0 heterocycles. The molecule has 0 rings (SSSR count). The summed E-state index contributed by atoms with van der Waals surface area (Å²) >= 11 is 5.27. The topological polar surface area (TPSA) is 46.5 Å². The Kier molecular flexibility index (Phi) is 5.76. The number of aliphatic hydroxyl groups is 1. The summed E-state index contributed by atoms with van der Waals surface area (Å²) in [6.07, 6.45) is -0.0197. The largest absolute Gasteiger partial charge is 0.460 e. The monoisotopic (exact) mass is 192 g/mol. The number of aliphatic hydroxyl groups excluding tert-OH is 1. The first-order valence-electron chi connectivity index (χ1n) is 3.74. The smallest absolute Gasteiger partial charge is 0.334 e. The first-order valence-corrected chi connectivity index (χ1v) is 4.17. The molecule has 1 unspecified atom stereocenters. The van der Waals surface area contributed by atoms with Crippen molar-refractivity contribution < 1.29 is 14.6 Å². The zero-order chi connectivity index (χ0) is 9.56. The summed E-state index contributed by atoms with van der Waals surface area (Å²) < 4.78 is 4.71. The first-order chi connectivity index (χ1) is 5.61. The molecular weight excluding hydrogens is 180 g/mol. The minimum atomic E-state index is -0.586. The van der Waals surface area contributed by atoms with Crippen LogP contribution in [0.2, 0.25) is 0 Å². The van der Waals surface area contributed by atoms with Gasteiger partial charge in [-0.25, -0.2) is 4.79 Å². The van der Waals surface area contributed by atoms with Gasteiger partial charge in [0, 0.05) is 11.1 Å². The average Bonchev–Trinajstić information content (AvgIpc) is 2.11. The summed E-state index contributed by atoms with van der Waals surface area (Å²) in [4.78, 5) is 10.9. The van der Waals surface area contributed by atoms with Crippen LogP contribution in [-0.2, 0) is 9.53 Å². The molecule has 0 bridgehead atoms. The van der Waals surface area contributed by atoms with Crippen molar-refractivity contribution >= 4 is 17.6 Å². The van der Waals surface area contributed by atoms with E-state index in [0.717, 1.165) is 5.54 Å². The van der Waals surface area contributed by atoms with E-state index in [1.54, 1.807) is 6.92 Å². The fourth-order valence-electron chi connectivity index (χ4n) is 0.448. The van der Waals surface area contributed by atoms with E-state index in [2.05, 4.69) is 0 Å². The molecule has 1 N–H and O–H groups in total. The maximum Gasteiger partial charge on any atom is 0.334 e. The lowest BCUT2D eigenvalue weighted by molar-refractivity contribution is -0.141. The Morgan fingerprint density at radius 2 is 2.33 bits per heavy atom. The average molecular weight is 193 g/mol. The molecule has 0 spiro atoms. The molecule has 0 aliphatic rings. The van der Waals surface area contributed by atoms with Crippen LogP contribution in [0.1, 0.15) is 20.3 Å². The van der Waals surface area contributed by atoms with Crippen molar-refractivity contribution in [1.29, 1.82) is 0 Å². The predicted molar refractivity (Wildman–Crippen MR) is 46.9 cm³/mol.